The molecule has 0 heterocycles. The van der Waals surface area contributed by atoms with E-state index in [-0.39, 0.29) is 22.8 Å². The van der Waals surface area contributed by atoms with Crippen molar-refractivity contribution in [1.82, 2.24) is 5.32 Å². The summed E-state index contributed by atoms with van der Waals surface area (Å²) in [6, 6.07) is 9.85. The molecule has 0 atom stereocenters. The van der Waals surface area contributed by atoms with Gasteiger partial charge in [0.1, 0.15) is 0 Å². The maximum absolute atomic E-state index is 12.9. The van der Waals surface area contributed by atoms with Crippen LogP contribution >= 0.6 is 11.6 Å². The van der Waals surface area contributed by atoms with Crippen LogP contribution in [0.5, 0.6) is 0 Å². The van der Waals surface area contributed by atoms with Crippen molar-refractivity contribution in [3.63, 3.8) is 0 Å². The van der Waals surface area contributed by atoms with Gasteiger partial charge in [0.25, 0.3) is 0 Å². The van der Waals surface area contributed by atoms with Crippen molar-refractivity contribution in [2.24, 2.45) is 0 Å². The zero-order chi connectivity index (χ0) is 18.6. The second-order valence-electron chi connectivity index (χ2n) is 5.65. The largest absolute Gasteiger partial charge is 0.417 e. The highest BCUT2D eigenvalue weighted by atomic mass is 35.5. The van der Waals surface area contributed by atoms with E-state index in [4.69, 9.17) is 11.6 Å². The first-order chi connectivity index (χ1) is 11.6. The highest BCUT2D eigenvalue weighted by Crippen LogP contribution is 2.36. The Hall–Kier alpha value is -2.41. The molecule has 0 bridgehead atoms. The lowest BCUT2D eigenvalue weighted by atomic mass is 10.2. The van der Waals surface area contributed by atoms with Crippen molar-refractivity contribution in [2.75, 3.05) is 10.6 Å². The molecule has 2 aromatic carbocycles. The Morgan fingerprint density at radius 1 is 1.00 bits per heavy atom. The van der Waals surface area contributed by atoms with Crippen LogP contribution in [-0.2, 0) is 6.18 Å². The van der Waals surface area contributed by atoms with Crippen LogP contribution in [-0.4, -0.2) is 12.1 Å². The van der Waals surface area contributed by atoms with Crippen LogP contribution in [0.25, 0.3) is 0 Å². The van der Waals surface area contributed by atoms with Crippen molar-refractivity contribution in [3.8, 4) is 0 Å². The third-order valence-electron chi connectivity index (χ3n) is 3.12. The first kappa shape index (κ1) is 18.9. The summed E-state index contributed by atoms with van der Waals surface area (Å²) in [5, 5.41) is 7.86. The standard InChI is InChI=1S/C17H17ClF3N3O/c1-10(2)22-16(25)24-12-5-3-11(4-6-12)23-13-7-8-15(18)14(9-13)17(19,20)21/h3-10,23H,1-2H3,(H2,22,24,25). The summed E-state index contributed by atoms with van der Waals surface area (Å²) in [6.45, 7) is 3.68. The minimum absolute atomic E-state index is 0.00803. The van der Waals surface area contributed by atoms with E-state index in [0.717, 1.165) is 6.07 Å². The van der Waals surface area contributed by atoms with Gasteiger partial charge in [0.15, 0.2) is 0 Å². The minimum Gasteiger partial charge on any atom is -0.356 e. The van der Waals surface area contributed by atoms with Gasteiger partial charge in [-0.3, -0.25) is 0 Å². The van der Waals surface area contributed by atoms with Crippen LogP contribution in [0, 0.1) is 0 Å². The third-order valence-corrected chi connectivity index (χ3v) is 3.45. The number of hydrogen-bond acceptors (Lipinski definition) is 2. The Bertz CT molecular complexity index is 746. The molecule has 0 aliphatic carbocycles. The van der Waals surface area contributed by atoms with Crippen molar-refractivity contribution >= 4 is 34.7 Å². The number of hydrogen-bond donors (Lipinski definition) is 3. The Balaban J connectivity index is 2.08. The van der Waals surface area contributed by atoms with Crippen molar-refractivity contribution in [3.05, 3.63) is 53.1 Å². The minimum atomic E-state index is -4.52. The van der Waals surface area contributed by atoms with Gasteiger partial charge in [-0.2, -0.15) is 13.2 Å². The molecule has 2 rings (SSSR count). The fraction of sp³-hybridized carbons (Fsp3) is 0.235. The van der Waals surface area contributed by atoms with Gasteiger partial charge in [-0.1, -0.05) is 11.6 Å². The Morgan fingerprint density at radius 3 is 2.12 bits per heavy atom. The summed E-state index contributed by atoms with van der Waals surface area (Å²) in [6.07, 6.45) is -4.52. The normalized spacial score (nSPS) is 11.3. The monoisotopic (exact) mass is 371 g/mol. The average molecular weight is 372 g/mol. The summed E-state index contributed by atoms with van der Waals surface area (Å²) >= 11 is 5.60. The summed E-state index contributed by atoms with van der Waals surface area (Å²) in [4.78, 5) is 11.6. The topological polar surface area (TPSA) is 53.2 Å². The molecule has 0 spiro atoms. The summed E-state index contributed by atoms with van der Waals surface area (Å²) in [5.74, 6) is 0. The predicted molar refractivity (Wildman–Crippen MR) is 93.5 cm³/mol. The zero-order valence-corrected chi connectivity index (χ0v) is 14.3. The number of anilines is 3. The predicted octanol–water partition coefficient (Wildman–Crippen LogP) is 5.63. The van der Waals surface area contributed by atoms with Gasteiger partial charge in [0.05, 0.1) is 10.6 Å². The van der Waals surface area contributed by atoms with Gasteiger partial charge >= 0.3 is 12.2 Å². The average Bonchev–Trinajstić information content (AvgIpc) is 2.49. The van der Waals surface area contributed by atoms with Gasteiger partial charge < -0.3 is 16.0 Å². The number of halogens is 4. The van der Waals surface area contributed by atoms with Gasteiger partial charge in [-0.05, 0) is 56.3 Å². The van der Waals surface area contributed by atoms with E-state index < -0.39 is 11.7 Å². The van der Waals surface area contributed by atoms with Crippen molar-refractivity contribution in [2.45, 2.75) is 26.1 Å². The summed E-state index contributed by atoms with van der Waals surface area (Å²) in [7, 11) is 0. The quantitative estimate of drug-likeness (QED) is 0.652. The lowest BCUT2D eigenvalue weighted by Gasteiger charge is -2.13. The number of alkyl halides is 3. The van der Waals surface area contributed by atoms with Gasteiger partial charge in [-0.15, -0.1) is 0 Å². The number of nitrogens with one attached hydrogen (secondary N) is 3. The molecule has 0 saturated heterocycles. The van der Waals surface area contributed by atoms with Crippen LogP contribution < -0.4 is 16.0 Å². The first-order valence-corrected chi connectivity index (χ1v) is 7.84. The molecule has 0 radical (unpaired) electrons. The lowest BCUT2D eigenvalue weighted by molar-refractivity contribution is -0.137. The second kappa shape index (κ2) is 7.65. The number of amides is 2. The Labute approximate surface area is 148 Å². The SMILES string of the molecule is CC(C)NC(=O)Nc1ccc(Nc2ccc(Cl)c(C(F)(F)F)c2)cc1. The fourth-order valence-electron chi connectivity index (χ4n) is 2.05. The lowest BCUT2D eigenvalue weighted by Crippen LogP contribution is -2.34. The molecule has 2 aromatic rings. The maximum Gasteiger partial charge on any atom is 0.417 e. The Morgan fingerprint density at radius 2 is 1.56 bits per heavy atom. The zero-order valence-electron chi connectivity index (χ0n) is 13.5. The van der Waals surface area contributed by atoms with Crippen LogP contribution in [0.1, 0.15) is 19.4 Å². The van der Waals surface area contributed by atoms with Crippen LogP contribution in [0.15, 0.2) is 42.5 Å². The van der Waals surface area contributed by atoms with E-state index in [1.807, 2.05) is 13.8 Å². The van der Waals surface area contributed by atoms with Gasteiger partial charge in [0, 0.05) is 23.1 Å². The maximum atomic E-state index is 12.9. The number of carbonyl (C=O) groups is 1. The molecule has 8 heteroatoms. The molecule has 134 valence electrons. The summed E-state index contributed by atoms with van der Waals surface area (Å²) < 4.78 is 38.6. The molecule has 4 nitrogen and oxygen atoms in total. The number of benzene rings is 2. The number of urea groups is 1. The van der Waals surface area contributed by atoms with Crippen LogP contribution in [0.3, 0.4) is 0 Å². The van der Waals surface area contributed by atoms with Crippen LogP contribution in [0.2, 0.25) is 5.02 Å². The molecule has 0 saturated carbocycles. The molecule has 0 aromatic heterocycles. The van der Waals surface area contributed by atoms with Crippen molar-refractivity contribution in [1.29, 1.82) is 0 Å². The molecule has 0 unspecified atom stereocenters. The third kappa shape index (κ3) is 5.56. The summed E-state index contributed by atoms with van der Waals surface area (Å²) in [5.41, 5.74) is 0.499. The van der Waals surface area contributed by atoms with Crippen molar-refractivity contribution < 1.29 is 18.0 Å². The molecule has 2 amide bonds. The number of rotatable bonds is 4. The molecule has 0 fully saturated rings. The van der Waals surface area contributed by atoms with E-state index in [1.165, 1.54) is 12.1 Å². The number of carbonyl (C=O) groups excluding carboxylic acids is 1. The van der Waals surface area contributed by atoms with E-state index in [1.54, 1.807) is 24.3 Å². The second-order valence-corrected chi connectivity index (χ2v) is 6.06. The molecule has 25 heavy (non-hydrogen) atoms. The van der Waals surface area contributed by atoms with Gasteiger partial charge in [-0.25, -0.2) is 4.79 Å². The first-order valence-electron chi connectivity index (χ1n) is 7.46. The van der Waals surface area contributed by atoms with Gasteiger partial charge in [0.2, 0.25) is 0 Å². The molecular formula is C17H17ClF3N3O. The fourth-order valence-corrected chi connectivity index (χ4v) is 2.28. The van der Waals surface area contributed by atoms with E-state index in [0.29, 0.717) is 11.4 Å². The van der Waals surface area contributed by atoms with E-state index >= 15 is 0 Å². The Kier molecular flexibility index (Phi) is 5.79. The molecular weight excluding hydrogens is 355 g/mol. The van der Waals surface area contributed by atoms with E-state index in [9.17, 15) is 18.0 Å². The molecule has 0 aliphatic heterocycles. The van der Waals surface area contributed by atoms with Crippen LogP contribution in [0.4, 0.5) is 35.0 Å². The highest BCUT2D eigenvalue weighted by Gasteiger charge is 2.33. The highest BCUT2D eigenvalue weighted by molar-refractivity contribution is 6.31. The molecule has 3 N–H and O–H groups in total. The van der Waals surface area contributed by atoms with E-state index in [2.05, 4.69) is 16.0 Å². The molecule has 0 aliphatic rings. The smallest absolute Gasteiger partial charge is 0.356 e.